The van der Waals surface area contributed by atoms with Crippen molar-refractivity contribution in [3.63, 3.8) is 0 Å². The summed E-state index contributed by atoms with van der Waals surface area (Å²) in [7, 11) is 0. The molecule has 0 radical (unpaired) electrons. The molecule has 0 aliphatic rings. The summed E-state index contributed by atoms with van der Waals surface area (Å²) in [5.41, 5.74) is 0. The zero-order chi connectivity index (χ0) is 13.7. The van der Waals surface area contributed by atoms with Gasteiger partial charge in [0.25, 0.3) is 0 Å². The maximum absolute atomic E-state index is 10.4. The van der Waals surface area contributed by atoms with E-state index in [4.69, 9.17) is 9.15 Å². The highest BCUT2D eigenvalue weighted by atomic mass is 16.6. The number of nitrogens with zero attached hydrogens (tertiary/aromatic N) is 3. The van der Waals surface area contributed by atoms with Gasteiger partial charge in [-0.1, -0.05) is 0 Å². The Morgan fingerprint density at radius 2 is 2.47 bits per heavy atom. The van der Waals surface area contributed by atoms with Crippen LogP contribution in [-0.2, 0) is 17.9 Å². The Labute approximate surface area is 108 Å². The van der Waals surface area contributed by atoms with Gasteiger partial charge in [0.05, 0.1) is 25.5 Å². The highest BCUT2D eigenvalue weighted by Gasteiger charge is 2.12. The van der Waals surface area contributed by atoms with Crippen molar-refractivity contribution in [2.24, 2.45) is 0 Å². The number of rotatable bonds is 7. The first kappa shape index (κ1) is 13.2. The SMILES string of the molecule is O=[N+]([O-])c1cn(CC(O)COCc2ccco2)cn1. The van der Waals surface area contributed by atoms with Gasteiger partial charge in [0.1, 0.15) is 18.6 Å². The van der Waals surface area contributed by atoms with Gasteiger partial charge >= 0.3 is 5.82 Å². The lowest BCUT2D eigenvalue weighted by molar-refractivity contribution is -0.389. The quantitative estimate of drug-likeness (QED) is 0.592. The van der Waals surface area contributed by atoms with E-state index in [-0.39, 0.29) is 25.6 Å². The van der Waals surface area contributed by atoms with Crippen molar-refractivity contribution in [3.8, 4) is 0 Å². The molecule has 2 aromatic rings. The summed E-state index contributed by atoms with van der Waals surface area (Å²) in [4.78, 5) is 13.4. The average Bonchev–Trinajstić information content (AvgIpc) is 3.00. The molecule has 1 unspecified atom stereocenters. The topological polar surface area (TPSA) is 104 Å². The van der Waals surface area contributed by atoms with E-state index >= 15 is 0 Å². The molecule has 0 aromatic carbocycles. The van der Waals surface area contributed by atoms with E-state index in [9.17, 15) is 15.2 Å². The van der Waals surface area contributed by atoms with Gasteiger partial charge in [-0.25, -0.2) is 0 Å². The summed E-state index contributed by atoms with van der Waals surface area (Å²) < 4.78 is 11.8. The summed E-state index contributed by atoms with van der Waals surface area (Å²) >= 11 is 0. The standard InChI is InChI=1S/C11H13N3O5/c15-9(6-18-7-10-2-1-3-19-10)4-13-5-11(12-8-13)14(16)17/h1-3,5,8-9,15H,4,6-7H2. The number of aliphatic hydroxyl groups excluding tert-OH is 1. The van der Waals surface area contributed by atoms with Gasteiger partial charge < -0.3 is 28.9 Å². The van der Waals surface area contributed by atoms with Crippen molar-refractivity contribution in [3.05, 3.63) is 46.8 Å². The largest absolute Gasteiger partial charge is 0.467 e. The van der Waals surface area contributed by atoms with Gasteiger partial charge in [0.2, 0.25) is 6.33 Å². The fourth-order valence-electron chi connectivity index (χ4n) is 1.53. The lowest BCUT2D eigenvalue weighted by atomic mass is 10.4. The zero-order valence-electron chi connectivity index (χ0n) is 10.0. The smallest absolute Gasteiger partial charge is 0.381 e. The molecule has 8 nitrogen and oxygen atoms in total. The Balaban J connectivity index is 1.74. The summed E-state index contributed by atoms with van der Waals surface area (Å²) in [6.45, 7) is 0.555. The molecule has 1 N–H and O–H groups in total. The molecule has 2 heterocycles. The van der Waals surface area contributed by atoms with Crippen molar-refractivity contribution < 1.29 is 19.2 Å². The Bertz CT molecular complexity index is 522. The molecule has 0 fully saturated rings. The second-order valence-corrected chi connectivity index (χ2v) is 3.93. The number of aromatic nitrogens is 2. The molecule has 19 heavy (non-hydrogen) atoms. The van der Waals surface area contributed by atoms with Crippen LogP contribution in [0.4, 0.5) is 5.82 Å². The van der Waals surface area contributed by atoms with Crippen LogP contribution in [0.1, 0.15) is 5.76 Å². The van der Waals surface area contributed by atoms with Gasteiger partial charge in [-0.2, -0.15) is 0 Å². The van der Waals surface area contributed by atoms with Gasteiger partial charge in [-0.15, -0.1) is 0 Å². The number of furan rings is 1. The first-order chi connectivity index (χ1) is 9.15. The lowest BCUT2D eigenvalue weighted by Gasteiger charge is -2.10. The highest BCUT2D eigenvalue weighted by molar-refractivity contribution is 5.12. The highest BCUT2D eigenvalue weighted by Crippen LogP contribution is 2.07. The normalized spacial score (nSPS) is 12.5. The van der Waals surface area contributed by atoms with Crippen LogP contribution in [0.5, 0.6) is 0 Å². The molecule has 0 saturated heterocycles. The first-order valence-electron chi connectivity index (χ1n) is 5.59. The maximum Gasteiger partial charge on any atom is 0.381 e. The second-order valence-electron chi connectivity index (χ2n) is 3.93. The number of hydrogen-bond acceptors (Lipinski definition) is 6. The van der Waals surface area contributed by atoms with E-state index in [0.29, 0.717) is 5.76 Å². The molecule has 0 saturated carbocycles. The Hall–Kier alpha value is -2.19. The molecule has 0 amide bonds. The van der Waals surface area contributed by atoms with Gasteiger partial charge in [0, 0.05) is 0 Å². The van der Waals surface area contributed by atoms with Gasteiger partial charge in [0.15, 0.2) is 0 Å². The molecule has 0 aliphatic heterocycles. The van der Waals surface area contributed by atoms with Crippen molar-refractivity contribution in [1.29, 1.82) is 0 Å². The van der Waals surface area contributed by atoms with Crippen LogP contribution >= 0.6 is 0 Å². The van der Waals surface area contributed by atoms with Crippen LogP contribution in [0.3, 0.4) is 0 Å². The third-order valence-corrected chi connectivity index (χ3v) is 2.36. The minimum atomic E-state index is -0.774. The number of aliphatic hydroxyl groups is 1. The van der Waals surface area contributed by atoms with Crippen molar-refractivity contribution >= 4 is 5.82 Å². The molecule has 2 aromatic heterocycles. The molecular formula is C11H13N3O5. The molecule has 0 spiro atoms. The van der Waals surface area contributed by atoms with Crippen LogP contribution in [-0.4, -0.2) is 32.3 Å². The molecule has 0 bridgehead atoms. The average molecular weight is 267 g/mol. The van der Waals surface area contributed by atoms with Gasteiger partial charge in [-0.3, -0.25) is 0 Å². The third-order valence-electron chi connectivity index (χ3n) is 2.36. The summed E-state index contributed by atoms with van der Waals surface area (Å²) in [5.74, 6) is 0.425. The minimum absolute atomic E-state index is 0.104. The number of imidazole rings is 1. The van der Waals surface area contributed by atoms with E-state index in [1.165, 1.54) is 17.1 Å². The Morgan fingerprint density at radius 3 is 3.11 bits per heavy atom. The van der Waals surface area contributed by atoms with E-state index in [1.807, 2.05) is 0 Å². The lowest BCUT2D eigenvalue weighted by Crippen LogP contribution is -2.21. The molecular weight excluding hydrogens is 254 g/mol. The maximum atomic E-state index is 10.4. The molecule has 0 aliphatic carbocycles. The van der Waals surface area contributed by atoms with E-state index < -0.39 is 11.0 Å². The fourth-order valence-corrected chi connectivity index (χ4v) is 1.53. The zero-order valence-corrected chi connectivity index (χ0v) is 10.0. The minimum Gasteiger partial charge on any atom is -0.467 e. The van der Waals surface area contributed by atoms with Gasteiger partial charge in [-0.05, 0) is 22.0 Å². The van der Waals surface area contributed by atoms with Crippen molar-refractivity contribution in [2.45, 2.75) is 19.3 Å². The Morgan fingerprint density at radius 1 is 1.63 bits per heavy atom. The monoisotopic (exact) mass is 267 g/mol. The van der Waals surface area contributed by atoms with Crippen LogP contribution in [0, 0.1) is 10.1 Å². The van der Waals surface area contributed by atoms with Crippen LogP contribution in [0.25, 0.3) is 0 Å². The van der Waals surface area contributed by atoms with Crippen LogP contribution in [0.2, 0.25) is 0 Å². The molecule has 8 heteroatoms. The summed E-state index contributed by atoms with van der Waals surface area (Å²) in [6.07, 6.45) is 3.33. The first-order valence-corrected chi connectivity index (χ1v) is 5.59. The summed E-state index contributed by atoms with van der Waals surface area (Å²) in [5, 5.41) is 20.1. The second kappa shape index (κ2) is 6.12. The molecule has 1 atom stereocenters. The predicted molar refractivity (Wildman–Crippen MR) is 63.3 cm³/mol. The third kappa shape index (κ3) is 3.90. The predicted octanol–water partition coefficient (Wildman–Crippen LogP) is 0.962. The van der Waals surface area contributed by atoms with Crippen LogP contribution in [0.15, 0.2) is 35.3 Å². The van der Waals surface area contributed by atoms with Crippen molar-refractivity contribution in [2.75, 3.05) is 6.61 Å². The summed E-state index contributed by atoms with van der Waals surface area (Å²) in [6, 6.07) is 3.52. The number of nitro groups is 1. The molecule has 102 valence electrons. The molecule has 2 rings (SSSR count). The van der Waals surface area contributed by atoms with E-state index in [0.717, 1.165) is 0 Å². The number of ether oxygens (including phenoxy) is 1. The van der Waals surface area contributed by atoms with E-state index in [2.05, 4.69) is 4.98 Å². The van der Waals surface area contributed by atoms with E-state index in [1.54, 1.807) is 18.4 Å². The van der Waals surface area contributed by atoms with Crippen LogP contribution < -0.4 is 0 Å². The fraction of sp³-hybridized carbons (Fsp3) is 0.364. The number of hydrogen-bond donors (Lipinski definition) is 1. The van der Waals surface area contributed by atoms with Crippen molar-refractivity contribution in [1.82, 2.24) is 9.55 Å². The Kier molecular flexibility index (Phi) is 4.26.